The van der Waals surface area contributed by atoms with Crippen molar-refractivity contribution in [3.63, 3.8) is 0 Å². The van der Waals surface area contributed by atoms with Gasteiger partial charge < -0.3 is 4.74 Å². The first-order valence-corrected chi connectivity index (χ1v) is 5.38. The zero-order valence-electron chi connectivity index (χ0n) is 5.15. The minimum Gasteiger partial charge on any atom is -0.373 e. The van der Waals surface area contributed by atoms with Gasteiger partial charge in [0.05, 0.1) is 12.2 Å². The summed E-state index contributed by atoms with van der Waals surface area (Å²) in [5.74, 6) is 0. The lowest BCUT2D eigenvalue weighted by molar-refractivity contribution is 0.0741. The number of hydrogen-bond acceptors (Lipinski definition) is 1. The Morgan fingerprint density at radius 3 is 1.78 bits per heavy atom. The van der Waals surface area contributed by atoms with Gasteiger partial charge in [-0.2, -0.15) is 0 Å². The predicted octanol–water partition coefficient (Wildman–Crippen LogP) is 2.32. The minimum atomic E-state index is 0.465. The number of rotatable bonds is 2. The van der Waals surface area contributed by atoms with Crippen molar-refractivity contribution in [1.82, 2.24) is 0 Å². The van der Waals surface area contributed by atoms with Crippen LogP contribution in [0.3, 0.4) is 0 Å². The van der Waals surface area contributed by atoms with Crippen LogP contribution in [-0.4, -0.2) is 22.9 Å². The molecule has 2 atom stereocenters. The highest BCUT2D eigenvalue weighted by molar-refractivity contribution is 9.09. The van der Waals surface area contributed by atoms with Gasteiger partial charge in [0.2, 0.25) is 0 Å². The van der Waals surface area contributed by atoms with E-state index in [1.165, 1.54) is 12.8 Å². The molecule has 1 saturated heterocycles. The van der Waals surface area contributed by atoms with E-state index < -0.39 is 0 Å². The highest BCUT2D eigenvalue weighted by Gasteiger charge is 2.22. The first-order valence-electron chi connectivity index (χ1n) is 3.14. The monoisotopic (exact) mass is 256 g/mol. The Kier molecular flexibility index (Phi) is 3.51. The molecule has 0 spiro atoms. The van der Waals surface area contributed by atoms with Crippen molar-refractivity contribution in [1.29, 1.82) is 0 Å². The third-order valence-corrected chi connectivity index (χ3v) is 2.98. The van der Waals surface area contributed by atoms with Gasteiger partial charge >= 0.3 is 0 Å². The Labute approximate surface area is 72.4 Å². The lowest BCUT2D eigenvalue weighted by Gasteiger charge is -2.07. The van der Waals surface area contributed by atoms with Crippen molar-refractivity contribution in [3.8, 4) is 0 Å². The minimum absolute atomic E-state index is 0.465. The Morgan fingerprint density at radius 1 is 1.11 bits per heavy atom. The fraction of sp³-hybridized carbons (Fsp3) is 1.00. The van der Waals surface area contributed by atoms with Gasteiger partial charge in [0.1, 0.15) is 0 Å². The van der Waals surface area contributed by atoms with Gasteiger partial charge in [-0.25, -0.2) is 0 Å². The van der Waals surface area contributed by atoms with Crippen LogP contribution in [0.5, 0.6) is 0 Å². The largest absolute Gasteiger partial charge is 0.373 e. The molecule has 0 aliphatic carbocycles. The van der Waals surface area contributed by atoms with Crippen LogP contribution in [0.1, 0.15) is 12.8 Å². The Bertz CT molecular complexity index is 77.1. The van der Waals surface area contributed by atoms with Gasteiger partial charge in [0, 0.05) is 10.7 Å². The zero-order chi connectivity index (χ0) is 6.69. The first kappa shape index (κ1) is 8.02. The van der Waals surface area contributed by atoms with E-state index >= 15 is 0 Å². The third kappa shape index (κ3) is 2.20. The van der Waals surface area contributed by atoms with E-state index in [0.717, 1.165) is 10.7 Å². The molecule has 1 aliphatic rings. The van der Waals surface area contributed by atoms with E-state index in [-0.39, 0.29) is 0 Å². The highest BCUT2D eigenvalue weighted by Crippen LogP contribution is 2.21. The molecule has 0 radical (unpaired) electrons. The van der Waals surface area contributed by atoms with Crippen molar-refractivity contribution in [2.24, 2.45) is 0 Å². The number of halogens is 2. The maximum Gasteiger partial charge on any atom is 0.0677 e. The molecule has 0 saturated carbocycles. The van der Waals surface area contributed by atoms with Crippen LogP contribution in [0.4, 0.5) is 0 Å². The normalized spacial score (nSPS) is 35.3. The summed E-state index contributed by atoms with van der Waals surface area (Å²) in [6.07, 6.45) is 3.35. The third-order valence-electron chi connectivity index (χ3n) is 1.54. The fourth-order valence-corrected chi connectivity index (χ4v) is 1.96. The van der Waals surface area contributed by atoms with Crippen molar-refractivity contribution in [3.05, 3.63) is 0 Å². The molecule has 0 aromatic heterocycles. The standard InChI is InChI=1S/C6H10Br2O/c7-3-5-1-2-6(4-8)9-5/h5-6H,1-4H2/t5-,6+. The highest BCUT2D eigenvalue weighted by atomic mass is 79.9. The predicted molar refractivity (Wildman–Crippen MR) is 45.5 cm³/mol. The zero-order valence-corrected chi connectivity index (χ0v) is 8.32. The molecule has 1 heterocycles. The summed E-state index contributed by atoms with van der Waals surface area (Å²) in [4.78, 5) is 0. The van der Waals surface area contributed by atoms with Crippen LogP contribution in [0, 0.1) is 0 Å². The molecule has 1 nitrogen and oxygen atoms in total. The van der Waals surface area contributed by atoms with Crippen LogP contribution < -0.4 is 0 Å². The van der Waals surface area contributed by atoms with Gasteiger partial charge in [-0.15, -0.1) is 0 Å². The van der Waals surface area contributed by atoms with Crippen LogP contribution in [-0.2, 0) is 4.74 Å². The van der Waals surface area contributed by atoms with E-state index in [1.807, 2.05) is 0 Å². The van der Waals surface area contributed by atoms with Crippen LogP contribution >= 0.6 is 31.9 Å². The van der Waals surface area contributed by atoms with Crippen LogP contribution in [0.2, 0.25) is 0 Å². The van der Waals surface area contributed by atoms with Crippen molar-refractivity contribution < 1.29 is 4.74 Å². The number of hydrogen-bond donors (Lipinski definition) is 0. The summed E-state index contributed by atoms with van der Waals surface area (Å²) >= 11 is 6.79. The summed E-state index contributed by atoms with van der Waals surface area (Å²) in [5.41, 5.74) is 0. The molecule has 1 aliphatic heterocycles. The van der Waals surface area contributed by atoms with E-state index in [4.69, 9.17) is 4.74 Å². The molecule has 0 bridgehead atoms. The first-order chi connectivity index (χ1) is 4.36. The average Bonchev–Trinajstić information content (AvgIpc) is 2.34. The molecule has 1 fully saturated rings. The summed E-state index contributed by atoms with van der Waals surface area (Å²) in [6.45, 7) is 0. The molecule has 0 N–H and O–H groups in total. The van der Waals surface area contributed by atoms with Crippen LogP contribution in [0.25, 0.3) is 0 Å². The molecular formula is C6H10Br2O. The lowest BCUT2D eigenvalue weighted by Crippen LogP contribution is -2.12. The average molecular weight is 258 g/mol. The Morgan fingerprint density at radius 2 is 1.56 bits per heavy atom. The second-order valence-corrected chi connectivity index (χ2v) is 3.56. The maximum absolute atomic E-state index is 5.57. The molecule has 9 heavy (non-hydrogen) atoms. The molecular weight excluding hydrogens is 248 g/mol. The fourth-order valence-electron chi connectivity index (χ4n) is 1.01. The van der Waals surface area contributed by atoms with Crippen molar-refractivity contribution in [2.45, 2.75) is 25.0 Å². The van der Waals surface area contributed by atoms with Crippen LogP contribution in [0.15, 0.2) is 0 Å². The van der Waals surface area contributed by atoms with E-state index in [1.54, 1.807) is 0 Å². The molecule has 0 aromatic carbocycles. The van der Waals surface area contributed by atoms with E-state index in [2.05, 4.69) is 31.9 Å². The molecule has 54 valence electrons. The van der Waals surface area contributed by atoms with Gasteiger partial charge in [0.25, 0.3) is 0 Å². The van der Waals surface area contributed by atoms with Gasteiger partial charge in [0.15, 0.2) is 0 Å². The van der Waals surface area contributed by atoms with Gasteiger partial charge in [-0.05, 0) is 12.8 Å². The van der Waals surface area contributed by atoms with E-state index in [9.17, 15) is 0 Å². The van der Waals surface area contributed by atoms with Gasteiger partial charge in [-0.3, -0.25) is 0 Å². The number of ether oxygens (including phenoxy) is 1. The molecule has 3 heteroatoms. The number of alkyl halides is 2. The molecule has 0 unspecified atom stereocenters. The topological polar surface area (TPSA) is 9.23 Å². The molecule has 1 rings (SSSR count). The maximum atomic E-state index is 5.57. The van der Waals surface area contributed by atoms with Crippen molar-refractivity contribution in [2.75, 3.05) is 10.7 Å². The van der Waals surface area contributed by atoms with E-state index in [0.29, 0.717) is 12.2 Å². The smallest absolute Gasteiger partial charge is 0.0677 e. The summed E-state index contributed by atoms with van der Waals surface area (Å²) in [7, 11) is 0. The van der Waals surface area contributed by atoms with Gasteiger partial charge in [-0.1, -0.05) is 31.9 Å². The second-order valence-electron chi connectivity index (χ2n) is 2.27. The second kappa shape index (κ2) is 3.94. The lowest BCUT2D eigenvalue weighted by atomic mass is 10.2. The molecule has 0 aromatic rings. The summed E-state index contributed by atoms with van der Waals surface area (Å²) < 4.78 is 5.57. The summed E-state index contributed by atoms with van der Waals surface area (Å²) in [6, 6.07) is 0. The Hall–Kier alpha value is 0.920. The SMILES string of the molecule is BrC[C@@H]1CC[C@H](CBr)O1. The molecule has 0 amide bonds. The quantitative estimate of drug-likeness (QED) is 0.690. The Balaban J connectivity index is 2.20. The van der Waals surface area contributed by atoms with Crippen molar-refractivity contribution >= 4 is 31.9 Å². The summed E-state index contributed by atoms with van der Waals surface area (Å²) in [5, 5.41) is 1.97.